The minimum absolute atomic E-state index is 0.0729. The highest BCUT2D eigenvalue weighted by Crippen LogP contribution is 2.11. The van der Waals surface area contributed by atoms with Gasteiger partial charge in [-0.3, -0.25) is 0 Å². The van der Waals surface area contributed by atoms with E-state index in [-0.39, 0.29) is 12.8 Å². The van der Waals surface area contributed by atoms with Gasteiger partial charge in [0, 0.05) is 0 Å². The van der Waals surface area contributed by atoms with Crippen molar-refractivity contribution in [2.45, 2.75) is 23.9 Å². The molecule has 0 spiro atoms. The summed E-state index contributed by atoms with van der Waals surface area (Å²) in [5.74, 6) is 0.763. The first-order chi connectivity index (χ1) is 5.42. The Bertz CT molecular complexity index is 212. The molecule has 0 amide bonds. The van der Waals surface area contributed by atoms with Gasteiger partial charge in [0.05, 0.1) is 5.50 Å². The molecule has 0 bridgehead atoms. The lowest BCUT2D eigenvalue weighted by Crippen LogP contribution is -2.47. The van der Waals surface area contributed by atoms with E-state index < -0.39 is 17.0 Å². The molecule has 0 fully saturated rings. The topological polar surface area (TPSA) is 89.3 Å². The highest BCUT2D eigenvalue weighted by Gasteiger charge is 2.31. The van der Waals surface area contributed by atoms with Crippen LogP contribution in [0.25, 0.3) is 0 Å². The summed E-state index contributed by atoms with van der Waals surface area (Å²) in [5.41, 5.74) is 8.28. The monoisotopic (exact) mass is 190 g/mol. The Labute approximate surface area is 75.9 Å². The molecule has 0 saturated heterocycles. The zero-order valence-corrected chi connectivity index (χ0v) is 7.21. The average Bonchev–Trinajstić information content (AvgIpc) is 1.99. The second kappa shape index (κ2) is 4.31. The predicted octanol–water partition coefficient (Wildman–Crippen LogP) is -0.295. The van der Waals surface area contributed by atoms with E-state index in [1.54, 1.807) is 0 Å². The van der Waals surface area contributed by atoms with Crippen LogP contribution < -0.4 is 11.5 Å². The smallest absolute Gasteiger partial charge is 0.336 e. The minimum atomic E-state index is -1.65. The van der Waals surface area contributed by atoms with Crippen LogP contribution >= 0.6 is 11.6 Å². The van der Waals surface area contributed by atoms with Crippen molar-refractivity contribution in [1.82, 2.24) is 0 Å². The average molecular weight is 191 g/mol. The number of carboxylic acids is 1. The second-order valence-electron chi connectivity index (χ2n) is 2.48. The molecule has 0 radical (unpaired) electrons. The van der Waals surface area contributed by atoms with E-state index in [0.717, 1.165) is 0 Å². The summed E-state index contributed by atoms with van der Waals surface area (Å²) < 4.78 is 0. The van der Waals surface area contributed by atoms with E-state index in [9.17, 15) is 4.79 Å². The van der Waals surface area contributed by atoms with Gasteiger partial charge in [-0.1, -0.05) is 5.92 Å². The van der Waals surface area contributed by atoms with Crippen molar-refractivity contribution in [3.8, 4) is 12.3 Å². The zero-order valence-electron chi connectivity index (χ0n) is 6.46. The Kier molecular flexibility index (Phi) is 4.04. The van der Waals surface area contributed by atoms with E-state index in [1.165, 1.54) is 0 Å². The van der Waals surface area contributed by atoms with E-state index >= 15 is 0 Å². The van der Waals surface area contributed by atoms with Gasteiger partial charge < -0.3 is 16.6 Å². The van der Waals surface area contributed by atoms with Gasteiger partial charge in [-0.2, -0.15) is 0 Å². The molecule has 0 rings (SSSR count). The van der Waals surface area contributed by atoms with Crippen molar-refractivity contribution in [3.63, 3.8) is 0 Å². The molecule has 0 aliphatic carbocycles. The Balaban J connectivity index is 4.19. The minimum Gasteiger partial charge on any atom is -0.479 e. The quantitative estimate of drug-likeness (QED) is 0.323. The Hall–Kier alpha value is -0.760. The van der Waals surface area contributed by atoms with E-state index in [2.05, 4.69) is 0 Å². The molecule has 0 aromatic heterocycles. The van der Waals surface area contributed by atoms with Crippen molar-refractivity contribution in [3.05, 3.63) is 0 Å². The molecular formula is C7H11ClN2O2. The van der Waals surface area contributed by atoms with Gasteiger partial charge in [0.15, 0.2) is 5.54 Å². The van der Waals surface area contributed by atoms with Crippen LogP contribution in [0.15, 0.2) is 0 Å². The first-order valence-electron chi connectivity index (χ1n) is 3.32. The van der Waals surface area contributed by atoms with Gasteiger partial charge in [0.25, 0.3) is 0 Å². The van der Waals surface area contributed by atoms with Gasteiger partial charge in [-0.15, -0.1) is 18.0 Å². The van der Waals surface area contributed by atoms with Crippen LogP contribution in [0.2, 0.25) is 0 Å². The molecular weight excluding hydrogens is 180 g/mol. The van der Waals surface area contributed by atoms with Crippen molar-refractivity contribution < 1.29 is 9.90 Å². The number of rotatable bonds is 4. The number of carboxylic acid groups (broad SMARTS) is 1. The van der Waals surface area contributed by atoms with Gasteiger partial charge in [0.1, 0.15) is 0 Å². The third-order valence-corrected chi connectivity index (χ3v) is 1.67. The van der Waals surface area contributed by atoms with Gasteiger partial charge in [-0.05, 0) is 12.8 Å². The molecule has 5 heteroatoms. The predicted molar refractivity (Wildman–Crippen MR) is 46.4 cm³/mol. The molecule has 0 aliphatic heterocycles. The molecule has 0 aliphatic rings. The molecule has 0 saturated carbocycles. The molecule has 0 aromatic rings. The Morgan fingerprint density at radius 2 is 2.33 bits per heavy atom. The summed E-state index contributed by atoms with van der Waals surface area (Å²) >= 11 is 5.41. The number of aliphatic carboxylic acids is 1. The van der Waals surface area contributed by atoms with Crippen LogP contribution in [-0.4, -0.2) is 22.1 Å². The maximum atomic E-state index is 10.5. The van der Waals surface area contributed by atoms with Gasteiger partial charge in [0.2, 0.25) is 0 Å². The molecule has 5 N–H and O–H groups in total. The lowest BCUT2D eigenvalue weighted by atomic mass is 9.96. The summed E-state index contributed by atoms with van der Waals surface area (Å²) in [6.07, 6.45) is 5.30. The summed E-state index contributed by atoms with van der Waals surface area (Å²) in [4.78, 5) is 10.5. The molecule has 2 atom stereocenters. The van der Waals surface area contributed by atoms with Crippen molar-refractivity contribution in [2.24, 2.45) is 11.5 Å². The molecule has 0 aromatic carbocycles. The van der Waals surface area contributed by atoms with Crippen LogP contribution in [0.4, 0.5) is 0 Å². The lowest BCUT2D eigenvalue weighted by Gasteiger charge is -2.18. The second-order valence-corrected chi connectivity index (χ2v) is 3.04. The Morgan fingerprint density at radius 3 is 2.58 bits per heavy atom. The van der Waals surface area contributed by atoms with Crippen molar-refractivity contribution in [2.75, 3.05) is 0 Å². The van der Waals surface area contributed by atoms with E-state index in [4.69, 9.17) is 34.6 Å². The fourth-order valence-corrected chi connectivity index (χ4v) is 0.716. The first kappa shape index (κ1) is 11.2. The van der Waals surface area contributed by atoms with Gasteiger partial charge >= 0.3 is 5.97 Å². The Morgan fingerprint density at radius 1 is 1.83 bits per heavy atom. The number of hydrogen-bond acceptors (Lipinski definition) is 3. The molecule has 4 nitrogen and oxygen atoms in total. The van der Waals surface area contributed by atoms with Crippen molar-refractivity contribution in [1.29, 1.82) is 0 Å². The zero-order chi connectivity index (χ0) is 9.78. The summed E-state index contributed by atoms with van der Waals surface area (Å²) in [7, 11) is 0. The summed E-state index contributed by atoms with van der Waals surface area (Å²) in [5, 5.41) is 8.59. The largest absolute Gasteiger partial charge is 0.479 e. The number of terminal acetylenes is 1. The molecule has 0 heterocycles. The lowest BCUT2D eigenvalue weighted by molar-refractivity contribution is -0.141. The maximum Gasteiger partial charge on any atom is 0.336 e. The fraction of sp³-hybridized carbons (Fsp3) is 0.571. The van der Waals surface area contributed by atoms with Crippen LogP contribution in [0.3, 0.4) is 0 Å². The standard InChI is InChI=1S/C7H11ClN2O2/c1-2-7(10,6(11)12)4-3-5(8)9/h1,5H,3-4,9-10H2,(H,11,12). The number of carbonyl (C=O) groups is 1. The number of alkyl halides is 1. The van der Waals surface area contributed by atoms with Crippen LogP contribution in [0.1, 0.15) is 12.8 Å². The highest BCUT2D eigenvalue weighted by molar-refractivity contribution is 6.20. The van der Waals surface area contributed by atoms with Crippen molar-refractivity contribution >= 4 is 17.6 Å². The normalized spacial score (nSPS) is 17.5. The number of nitrogens with two attached hydrogens (primary N) is 2. The molecule has 68 valence electrons. The van der Waals surface area contributed by atoms with Crippen LogP contribution in [0, 0.1) is 12.3 Å². The van der Waals surface area contributed by atoms with Gasteiger partial charge in [-0.25, -0.2) is 4.79 Å². The first-order valence-corrected chi connectivity index (χ1v) is 3.75. The highest BCUT2D eigenvalue weighted by atomic mass is 35.5. The third-order valence-electron chi connectivity index (χ3n) is 1.45. The molecule has 12 heavy (non-hydrogen) atoms. The SMILES string of the molecule is C#CC(N)(CCC(N)Cl)C(=O)O. The maximum absolute atomic E-state index is 10.5. The summed E-state index contributed by atoms with van der Waals surface area (Å²) in [6.45, 7) is 0. The van der Waals surface area contributed by atoms with Crippen LogP contribution in [-0.2, 0) is 4.79 Å². The van der Waals surface area contributed by atoms with Crippen LogP contribution in [0.5, 0.6) is 0 Å². The van der Waals surface area contributed by atoms with E-state index in [1.807, 2.05) is 5.92 Å². The van der Waals surface area contributed by atoms with E-state index in [0.29, 0.717) is 0 Å². The summed E-state index contributed by atoms with van der Waals surface area (Å²) in [6, 6.07) is 0. The molecule has 2 unspecified atom stereocenters. The number of hydrogen-bond donors (Lipinski definition) is 3. The third kappa shape index (κ3) is 3.09. The number of halogens is 1. The fourth-order valence-electron chi connectivity index (χ4n) is 0.606.